The van der Waals surface area contributed by atoms with Crippen LogP contribution in [0.4, 0.5) is 4.79 Å². The van der Waals surface area contributed by atoms with Crippen LogP contribution >= 0.6 is 0 Å². The zero-order valence-corrected chi connectivity index (χ0v) is 13.8. The van der Waals surface area contributed by atoms with Crippen molar-refractivity contribution in [3.8, 4) is 0 Å². The molecule has 0 heterocycles. The zero-order chi connectivity index (χ0) is 16.2. The Hall–Kier alpha value is -1.30. The van der Waals surface area contributed by atoms with Gasteiger partial charge in [-0.3, -0.25) is 4.79 Å². The van der Waals surface area contributed by atoms with Crippen molar-refractivity contribution in [1.82, 2.24) is 15.5 Å². The summed E-state index contributed by atoms with van der Waals surface area (Å²) >= 11 is 0. The maximum Gasteiger partial charge on any atom is 0.315 e. The molecule has 0 radical (unpaired) electrons. The molecule has 1 aliphatic rings. The highest BCUT2D eigenvalue weighted by Crippen LogP contribution is 2.44. The monoisotopic (exact) mass is 299 g/mol. The standard InChI is InChI=1S/C15H29N3O3/c1-10-12(17-14(21)16-8-9-18(4)5)7-6-11(13(19)20)15(10,2)3/h10-12H,6-9H2,1-5H3,(H,19,20)(H2,16,17,21). The van der Waals surface area contributed by atoms with E-state index in [9.17, 15) is 14.7 Å². The zero-order valence-electron chi connectivity index (χ0n) is 13.8. The molecule has 1 rings (SSSR count). The van der Waals surface area contributed by atoms with Gasteiger partial charge in [-0.1, -0.05) is 20.8 Å². The van der Waals surface area contributed by atoms with E-state index >= 15 is 0 Å². The molecule has 1 aliphatic carbocycles. The van der Waals surface area contributed by atoms with E-state index in [4.69, 9.17) is 0 Å². The number of aliphatic carboxylic acids is 1. The lowest BCUT2D eigenvalue weighted by molar-refractivity contribution is -0.150. The molecule has 0 aromatic heterocycles. The van der Waals surface area contributed by atoms with Crippen molar-refractivity contribution in [2.24, 2.45) is 17.3 Å². The minimum absolute atomic E-state index is 0.0231. The van der Waals surface area contributed by atoms with Gasteiger partial charge in [-0.15, -0.1) is 0 Å². The molecule has 0 saturated heterocycles. The van der Waals surface area contributed by atoms with Gasteiger partial charge in [0.15, 0.2) is 0 Å². The minimum atomic E-state index is -0.735. The number of carboxylic acid groups (broad SMARTS) is 1. The normalized spacial score (nSPS) is 28.2. The summed E-state index contributed by atoms with van der Waals surface area (Å²) in [5.41, 5.74) is -0.328. The summed E-state index contributed by atoms with van der Waals surface area (Å²) in [7, 11) is 3.91. The first kappa shape index (κ1) is 17.8. The van der Waals surface area contributed by atoms with Crippen LogP contribution in [0, 0.1) is 17.3 Å². The second-order valence-corrected chi connectivity index (χ2v) is 6.89. The van der Waals surface area contributed by atoms with Gasteiger partial charge in [0.05, 0.1) is 5.92 Å². The Kier molecular flexibility index (Phi) is 6.01. The number of carbonyl (C=O) groups is 2. The second kappa shape index (κ2) is 7.11. The Morgan fingerprint density at radius 2 is 1.90 bits per heavy atom. The summed E-state index contributed by atoms with van der Waals surface area (Å²) in [4.78, 5) is 25.3. The number of hydrogen-bond donors (Lipinski definition) is 3. The number of urea groups is 1. The van der Waals surface area contributed by atoms with E-state index in [2.05, 4.69) is 10.6 Å². The molecular weight excluding hydrogens is 270 g/mol. The minimum Gasteiger partial charge on any atom is -0.481 e. The predicted molar refractivity (Wildman–Crippen MR) is 82.2 cm³/mol. The molecule has 3 N–H and O–H groups in total. The molecule has 3 unspecified atom stereocenters. The van der Waals surface area contributed by atoms with Crippen LogP contribution in [-0.2, 0) is 4.79 Å². The molecule has 1 saturated carbocycles. The van der Waals surface area contributed by atoms with Crippen molar-refractivity contribution >= 4 is 12.0 Å². The SMILES string of the molecule is CC1C(NC(=O)NCCN(C)C)CCC(C(=O)O)C1(C)C. The number of nitrogens with zero attached hydrogens (tertiary/aromatic N) is 1. The molecule has 2 amide bonds. The summed E-state index contributed by atoms with van der Waals surface area (Å²) in [6.45, 7) is 7.38. The highest BCUT2D eigenvalue weighted by molar-refractivity contribution is 5.74. The van der Waals surface area contributed by atoms with E-state index in [0.29, 0.717) is 19.4 Å². The number of rotatable bonds is 5. The summed E-state index contributed by atoms with van der Waals surface area (Å²) in [5.74, 6) is -0.963. The van der Waals surface area contributed by atoms with Gasteiger partial charge in [0.2, 0.25) is 0 Å². The van der Waals surface area contributed by atoms with E-state index in [1.807, 2.05) is 39.8 Å². The van der Waals surface area contributed by atoms with Crippen LogP contribution in [0.3, 0.4) is 0 Å². The molecule has 0 aromatic rings. The van der Waals surface area contributed by atoms with Gasteiger partial charge in [-0.2, -0.15) is 0 Å². The summed E-state index contributed by atoms with van der Waals surface area (Å²) in [6.07, 6.45) is 1.32. The Balaban J connectivity index is 2.54. The lowest BCUT2D eigenvalue weighted by atomic mass is 9.61. The smallest absolute Gasteiger partial charge is 0.315 e. The number of carboxylic acids is 1. The van der Waals surface area contributed by atoms with Gasteiger partial charge in [0.25, 0.3) is 0 Å². The van der Waals surface area contributed by atoms with Crippen molar-refractivity contribution in [2.45, 2.75) is 39.7 Å². The maximum atomic E-state index is 11.9. The second-order valence-electron chi connectivity index (χ2n) is 6.89. The van der Waals surface area contributed by atoms with Crippen LogP contribution in [0.15, 0.2) is 0 Å². The Morgan fingerprint density at radius 3 is 2.43 bits per heavy atom. The number of likely N-dealkylation sites (N-methyl/N-ethyl adjacent to an activating group) is 1. The van der Waals surface area contributed by atoms with E-state index in [-0.39, 0.29) is 29.3 Å². The summed E-state index contributed by atoms with van der Waals surface area (Å²) < 4.78 is 0. The van der Waals surface area contributed by atoms with Crippen LogP contribution < -0.4 is 10.6 Å². The molecule has 3 atom stereocenters. The molecule has 122 valence electrons. The van der Waals surface area contributed by atoms with Crippen LogP contribution in [0.1, 0.15) is 33.6 Å². The molecule has 1 fully saturated rings. The van der Waals surface area contributed by atoms with E-state index in [1.54, 1.807) is 0 Å². The fraction of sp³-hybridized carbons (Fsp3) is 0.867. The lowest BCUT2D eigenvalue weighted by Crippen LogP contribution is -2.54. The number of hydrogen-bond acceptors (Lipinski definition) is 3. The summed E-state index contributed by atoms with van der Waals surface area (Å²) in [6, 6.07) is -0.145. The third-order valence-electron chi connectivity index (χ3n) is 4.90. The van der Waals surface area contributed by atoms with E-state index < -0.39 is 5.97 Å². The number of amides is 2. The molecule has 0 bridgehead atoms. The van der Waals surface area contributed by atoms with Crippen molar-refractivity contribution in [2.75, 3.05) is 27.2 Å². The van der Waals surface area contributed by atoms with Crippen molar-refractivity contribution in [3.63, 3.8) is 0 Å². The molecule has 6 heteroatoms. The quantitative estimate of drug-likeness (QED) is 0.716. The van der Waals surface area contributed by atoms with Crippen LogP contribution in [0.5, 0.6) is 0 Å². The fourth-order valence-corrected chi connectivity index (χ4v) is 3.06. The topological polar surface area (TPSA) is 81.7 Å². The van der Waals surface area contributed by atoms with Gasteiger partial charge in [-0.25, -0.2) is 4.79 Å². The Bertz CT molecular complexity index is 382. The average Bonchev–Trinajstić information content (AvgIpc) is 2.34. The molecule has 0 aromatic carbocycles. The van der Waals surface area contributed by atoms with Gasteiger partial charge in [-0.05, 0) is 38.3 Å². The molecule has 0 aliphatic heterocycles. The maximum absolute atomic E-state index is 11.9. The molecule has 0 spiro atoms. The summed E-state index contributed by atoms with van der Waals surface area (Å²) in [5, 5.41) is 15.2. The highest BCUT2D eigenvalue weighted by Gasteiger charge is 2.46. The van der Waals surface area contributed by atoms with Gasteiger partial charge in [0, 0.05) is 19.1 Å². The van der Waals surface area contributed by atoms with Gasteiger partial charge < -0.3 is 20.6 Å². The van der Waals surface area contributed by atoms with E-state index in [0.717, 1.165) is 6.54 Å². The van der Waals surface area contributed by atoms with Crippen LogP contribution in [0.25, 0.3) is 0 Å². The molecule has 6 nitrogen and oxygen atoms in total. The van der Waals surface area contributed by atoms with E-state index in [1.165, 1.54) is 0 Å². The van der Waals surface area contributed by atoms with Crippen molar-refractivity contribution in [1.29, 1.82) is 0 Å². The lowest BCUT2D eigenvalue weighted by Gasteiger charge is -2.46. The predicted octanol–water partition coefficient (Wildman–Crippen LogP) is 1.37. The third kappa shape index (κ3) is 4.59. The van der Waals surface area contributed by atoms with Gasteiger partial charge in [0.1, 0.15) is 0 Å². The van der Waals surface area contributed by atoms with Crippen molar-refractivity contribution in [3.05, 3.63) is 0 Å². The van der Waals surface area contributed by atoms with Gasteiger partial charge >= 0.3 is 12.0 Å². The average molecular weight is 299 g/mol. The largest absolute Gasteiger partial charge is 0.481 e. The first-order valence-electron chi connectivity index (χ1n) is 7.58. The molecular formula is C15H29N3O3. The van der Waals surface area contributed by atoms with Crippen LogP contribution in [-0.4, -0.2) is 55.2 Å². The number of carbonyl (C=O) groups excluding carboxylic acids is 1. The van der Waals surface area contributed by atoms with Crippen LogP contribution in [0.2, 0.25) is 0 Å². The Labute approximate surface area is 127 Å². The molecule has 21 heavy (non-hydrogen) atoms. The first-order valence-corrected chi connectivity index (χ1v) is 7.58. The first-order chi connectivity index (χ1) is 9.66. The van der Waals surface area contributed by atoms with Crippen molar-refractivity contribution < 1.29 is 14.7 Å². The third-order valence-corrected chi connectivity index (χ3v) is 4.90. The fourth-order valence-electron chi connectivity index (χ4n) is 3.06. The highest BCUT2D eigenvalue weighted by atomic mass is 16.4. The number of nitrogens with one attached hydrogen (secondary N) is 2. The Morgan fingerprint density at radius 1 is 1.29 bits per heavy atom.